The minimum atomic E-state index is -0.00594. The van der Waals surface area contributed by atoms with E-state index in [-0.39, 0.29) is 5.69 Å². The van der Waals surface area contributed by atoms with Crippen molar-refractivity contribution in [1.29, 1.82) is 0 Å². The molecule has 0 bridgehead atoms. The van der Waals surface area contributed by atoms with E-state index in [0.29, 0.717) is 5.92 Å². The third-order valence-corrected chi connectivity index (χ3v) is 5.52. The van der Waals surface area contributed by atoms with E-state index in [1.807, 2.05) is 40.4 Å². The van der Waals surface area contributed by atoms with Crippen LogP contribution in [0.25, 0.3) is 11.0 Å². The molecule has 0 unspecified atom stereocenters. The van der Waals surface area contributed by atoms with Crippen molar-refractivity contribution in [3.05, 3.63) is 46.9 Å². The van der Waals surface area contributed by atoms with Gasteiger partial charge in [-0.2, -0.15) is 0 Å². The number of imidazole rings is 1. The highest BCUT2D eigenvalue weighted by atomic mass is 16.1. The van der Waals surface area contributed by atoms with Gasteiger partial charge in [0.25, 0.3) is 0 Å². The van der Waals surface area contributed by atoms with Gasteiger partial charge in [0, 0.05) is 20.0 Å². The lowest BCUT2D eigenvalue weighted by atomic mass is 9.93. The molecule has 3 heterocycles. The second-order valence-electron chi connectivity index (χ2n) is 7.30. The topological polar surface area (TPSA) is 71.7 Å². The van der Waals surface area contributed by atoms with Crippen LogP contribution in [0.4, 0.5) is 0 Å². The Bertz CT molecular complexity index is 915. The van der Waals surface area contributed by atoms with Crippen LogP contribution in [-0.4, -0.2) is 48.8 Å². The first kappa shape index (κ1) is 17.0. The SMILES string of the molecule is Cn1cnnc1CC1CCN(CCCn2c(=O)[nH]c3ccccc32)CC1. The highest BCUT2D eigenvalue weighted by Crippen LogP contribution is 2.21. The van der Waals surface area contributed by atoms with Crippen LogP contribution in [0.15, 0.2) is 35.4 Å². The van der Waals surface area contributed by atoms with E-state index in [1.165, 1.54) is 12.8 Å². The molecule has 1 saturated heterocycles. The molecule has 1 N–H and O–H groups in total. The minimum absolute atomic E-state index is 0.00594. The summed E-state index contributed by atoms with van der Waals surface area (Å²) in [5, 5.41) is 8.17. The molecule has 3 aromatic rings. The second-order valence-corrected chi connectivity index (χ2v) is 7.30. The maximum absolute atomic E-state index is 12.1. The predicted octanol–water partition coefficient (Wildman–Crippen LogP) is 1.80. The van der Waals surface area contributed by atoms with E-state index in [4.69, 9.17) is 0 Å². The Morgan fingerprint density at radius 3 is 2.77 bits per heavy atom. The third-order valence-electron chi connectivity index (χ3n) is 5.52. The molecule has 1 aromatic carbocycles. The van der Waals surface area contributed by atoms with Crippen molar-refractivity contribution >= 4 is 11.0 Å². The summed E-state index contributed by atoms with van der Waals surface area (Å²) in [7, 11) is 2.01. The number of H-pyrrole nitrogens is 1. The van der Waals surface area contributed by atoms with Gasteiger partial charge in [-0.05, 0) is 56.9 Å². The van der Waals surface area contributed by atoms with Gasteiger partial charge < -0.3 is 14.5 Å². The molecule has 0 spiro atoms. The number of nitrogens with zero attached hydrogens (tertiary/aromatic N) is 5. The summed E-state index contributed by atoms with van der Waals surface area (Å²) in [6.07, 6.45) is 6.21. The molecule has 0 aliphatic carbocycles. The number of aryl methyl sites for hydroxylation is 2. The highest BCUT2D eigenvalue weighted by molar-refractivity contribution is 5.74. The van der Waals surface area contributed by atoms with Gasteiger partial charge >= 0.3 is 5.69 Å². The number of aromatic nitrogens is 5. The fourth-order valence-corrected chi connectivity index (χ4v) is 3.95. The van der Waals surface area contributed by atoms with Crippen LogP contribution in [0.3, 0.4) is 0 Å². The lowest BCUT2D eigenvalue weighted by Crippen LogP contribution is -2.35. The van der Waals surface area contributed by atoms with Gasteiger partial charge in [0.05, 0.1) is 11.0 Å². The Hall–Kier alpha value is -2.41. The lowest BCUT2D eigenvalue weighted by Gasteiger charge is -2.31. The number of hydrogen-bond acceptors (Lipinski definition) is 4. The molecule has 0 atom stereocenters. The standard InChI is InChI=1S/C19H26N6O/c1-23-14-20-22-18(23)13-15-7-11-24(12-8-15)9-4-10-25-17-6-3-2-5-16(17)21-19(25)26/h2-3,5-6,14-15H,4,7-13H2,1H3,(H,21,26). The van der Waals surface area contributed by atoms with Crippen LogP contribution in [-0.2, 0) is 20.0 Å². The number of benzene rings is 1. The quantitative estimate of drug-likeness (QED) is 0.733. The van der Waals surface area contributed by atoms with E-state index in [1.54, 1.807) is 6.33 Å². The van der Waals surface area contributed by atoms with E-state index < -0.39 is 0 Å². The first-order valence-electron chi connectivity index (χ1n) is 9.43. The van der Waals surface area contributed by atoms with Gasteiger partial charge in [-0.1, -0.05) is 12.1 Å². The monoisotopic (exact) mass is 354 g/mol. The summed E-state index contributed by atoms with van der Waals surface area (Å²) in [6.45, 7) is 4.07. The molecular weight excluding hydrogens is 328 g/mol. The number of para-hydroxylation sites is 2. The maximum atomic E-state index is 12.1. The zero-order valence-corrected chi connectivity index (χ0v) is 15.3. The van der Waals surface area contributed by atoms with Gasteiger partial charge in [0.1, 0.15) is 12.2 Å². The molecule has 7 nitrogen and oxygen atoms in total. The summed E-state index contributed by atoms with van der Waals surface area (Å²) < 4.78 is 3.88. The molecular formula is C19H26N6O. The van der Waals surface area contributed by atoms with Crippen molar-refractivity contribution in [2.75, 3.05) is 19.6 Å². The fraction of sp³-hybridized carbons (Fsp3) is 0.526. The largest absolute Gasteiger partial charge is 0.326 e. The van der Waals surface area contributed by atoms with Crippen molar-refractivity contribution in [2.24, 2.45) is 13.0 Å². The number of fused-ring (bicyclic) bond motifs is 1. The summed E-state index contributed by atoms with van der Waals surface area (Å²) in [4.78, 5) is 17.6. The normalized spacial score (nSPS) is 16.5. The number of hydrogen-bond donors (Lipinski definition) is 1. The van der Waals surface area contributed by atoms with Crippen LogP contribution in [0.2, 0.25) is 0 Å². The summed E-state index contributed by atoms with van der Waals surface area (Å²) in [5.74, 6) is 1.78. The van der Waals surface area contributed by atoms with Gasteiger partial charge in [-0.15, -0.1) is 10.2 Å². The Morgan fingerprint density at radius 2 is 2.00 bits per heavy atom. The molecule has 26 heavy (non-hydrogen) atoms. The highest BCUT2D eigenvalue weighted by Gasteiger charge is 2.20. The molecule has 7 heteroatoms. The van der Waals surface area contributed by atoms with Crippen molar-refractivity contribution in [3.8, 4) is 0 Å². The maximum Gasteiger partial charge on any atom is 0.326 e. The first-order chi connectivity index (χ1) is 12.7. The molecule has 2 aromatic heterocycles. The summed E-state index contributed by atoms with van der Waals surface area (Å²) in [5.41, 5.74) is 1.91. The molecule has 1 fully saturated rings. The van der Waals surface area contributed by atoms with Crippen LogP contribution in [0.5, 0.6) is 0 Å². The van der Waals surface area contributed by atoms with Crippen molar-refractivity contribution in [3.63, 3.8) is 0 Å². The summed E-state index contributed by atoms with van der Waals surface area (Å²) in [6, 6.07) is 7.89. The minimum Gasteiger partial charge on any atom is -0.321 e. The van der Waals surface area contributed by atoms with E-state index in [0.717, 1.165) is 55.9 Å². The fourth-order valence-electron chi connectivity index (χ4n) is 3.95. The number of piperidine rings is 1. The van der Waals surface area contributed by atoms with Crippen LogP contribution >= 0.6 is 0 Å². The van der Waals surface area contributed by atoms with E-state index in [2.05, 4.69) is 20.1 Å². The zero-order valence-electron chi connectivity index (χ0n) is 15.3. The number of aromatic amines is 1. The second kappa shape index (κ2) is 7.45. The van der Waals surface area contributed by atoms with Crippen LogP contribution < -0.4 is 5.69 Å². The average Bonchev–Trinajstić information content (AvgIpc) is 3.19. The third kappa shape index (κ3) is 3.58. The Kier molecular flexibility index (Phi) is 4.88. The smallest absolute Gasteiger partial charge is 0.321 e. The molecule has 1 aliphatic heterocycles. The van der Waals surface area contributed by atoms with Gasteiger partial charge in [-0.25, -0.2) is 4.79 Å². The molecule has 1 aliphatic rings. The van der Waals surface area contributed by atoms with Crippen molar-refractivity contribution in [2.45, 2.75) is 32.2 Å². The average molecular weight is 354 g/mol. The van der Waals surface area contributed by atoms with Gasteiger partial charge in [0.15, 0.2) is 0 Å². The van der Waals surface area contributed by atoms with Gasteiger partial charge in [0.2, 0.25) is 0 Å². The lowest BCUT2D eigenvalue weighted by molar-refractivity contribution is 0.178. The Balaban J connectivity index is 1.25. The Labute approximate surface area is 152 Å². The molecule has 138 valence electrons. The van der Waals surface area contributed by atoms with Crippen molar-refractivity contribution < 1.29 is 0 Å². The van der Waals surface area contributed by atoms with E-state index in [9.17, 15) is 4.79 Å². The van der Waals surface area contributed by atoms with Gasteiger partial charge in [-0.3, -0.25) is 4.57 Å². The molecule has 0 amide bonds. The van der Waals surface area contributed by atoms with Crippen LogP contribution in [0.1, 0.15) is 25.1 Å². The number of likely N-dealkylation sites (tertiary alicyclic amines) is 1. The van der Waals surface area contributed by atoms with Crippen LogP contribution in [0, 0.1) is 5.92 Å². The number of rotatable bonds is 6. The predicted molar refractivity (Wildman–Crippen MR) is 101 cm³/mol. The molecule has 0 radical (unpaired) electrons. The molecule has 4 rings (SSSR count). The Morgan fingerprint density at radius 1 is 1.19 bits per heavy atom. The van der Waals surface area contributed by atoms with Crippen molar-refractivity contribution in [1.82, 2.24) is 29.2 Å². The van der Waals surface area contributed by atoms with E-state index >= 15 is 0 Å². The zero-order chi connectivity index (χ0) is 17.9. The number of nitrogens with one attached hydrogen (secondary N) is 1. The first-order valence-corrected chi connectivity index (χ1v) is 9.43. The summed E-state index contributed by atoms with van der Waals surface area (Å²) >= 11 is 0. The molecule has 0 saturated carbocycles.